The fourth-order valence-corrected chi connectivity index (χ4v) is 8.41. The molecule has 0 bridgehead atoms. The summed E-state index contributed by atoms with van der Waals surface area (Å²) in [5.41, 5.74) is 5.41. The molecule has 0 aromatic heterocycles. The Balaban J connectivity index is 0.000000281. The summed E-state index contributed by atoms with van der Waals surface area (Å²) in [5, 5.41) is 2.62. The number of fused-ring (bicyclic) bond motifs is 1. The van der Waals surface area contributed by atoms with Crippen LogP contribution >= 0.6 is 0 Å². The van der Waals surface area contributed by atoms with Crippen molar-refractivity contribution in [3.63, 3.8) is 0 Å². The maximum atomic E-state index is 13.2. The van der Waals surface area contributed by atoms with Crippen LogP contribution in [0.5, 0.6) is 0 Å². The number of benzene rings is 7. The second-order valence-corrected chi connectivity index (χ2v) is 23.0. The lowest BCUT2D eigenvalue weighted by Gasteiger charge is -2.24. The number of unbranched alkanes of at least 4 members (excludes halogenated alkanes) is 2. The summed E-state index contributed by atoms with van der Waals surface area (Å²) in [6.45, 7) is 5.30. The topological polar surface area (TPSA) is 166 Å². The van der Waals surface area contributed by atoms with E-state index in [-0.39, 0.29) is 28.9 Å². The number of hydrogen-bond donors (Lipinski definition) is 4. The maximum Gasteiger partial charge on any atom is 0.193 e. The van der Waals surface area contributed by atoms with Crippen LogP contribution in [0.4, 0.5) is 8.78 Å². The quantitative estimate of drug-likeness (QED) is 0.0823. The number of rotatable bonds is 13. The molecule has 0 aliphatic carbocycles. The van der Waals surface area contributed by atoms with Crippen molar-refractivity contribution < 1.29 is 49.8 Å². The molecular weight excluding hydrogens is 895 g/mol. The normalized spacial score (nSPS) is 12.2. The van der Waals surface area contributed by atoms with E-state index in [1.807, 2.05) is 44.2 Å². The molecule has 4 N–H and O–H groups in total. The minimum Gasteiger partial charge on any atom is -0.308 e. The summed E-state index contributed by atoms with van der Waals surface area (Å²) in [4.78, 5) is 38.0. The largest absolute Gasteiger partial charge is 0.308 e. The Hall–Kier alpha value is -6.19. The second-order valence-electron chi connectivity index (χ2n) is 16.5. The monoisotopic (exact) mass is 952 g/mol. The van der Waals surface area contributed by atoms with E-state index in [4.69, 9.17) is 18.2 Å². The van der Waals surface area contributed by atoms with E-state index < -0.39 is 30.9 Å². The van der Waals surface area contributed by atoms with Gasteiger partial charge in [-0.25, -0.2) is 17.2 Å². The number of Topliss-reactive ketones (excluding diaryl/α,β-unsaturated/α-hetero) is 1. The third-order valence-corrected chi connectivity index (χ3v) is 12.6. The molecule has 7 aromatic rings. The summed E-state index contributed by atoms with van der Waals surface area (Å²) in [7, 11) is -8.32. The first-order chi connectivity index (χ1) is 31.4. The molecule has 0 atom stereocenters. The van der Waals surface area contributed by atoms with E-state index in [0.717, 1.165) is 47.6 Å². The third-order valence-electron chi connectivity index (χ3n) is 10.1. The Labute approximate surface area is 391 Å². The molecule has 0 heterocycles. The maximum absolute atomic E-state index is 13.2. The van der Waals surface area contributed by atoms with Crippen molar-refractivity contribution in [1.29, 1.82) is 0 Å². The van der Waals surface area contributed by atoms with Gasteiger partial charge in [-0.3, -0.25) is 14.4 Å². The number of hydrogen-bond acceptors (Lipinski definition) is 5. The van der Waals surface area contributed by atoms with E-state index in [0.29, 0.717) is 40.7 Å². The van der Waals surface area contributed by atoms with Gasteiger partial charge in [-0.2, -0.15) is 0 Å². The molecule has 13 heteroatoms. The Kier molecular flexibility index (Phi) is 18.4. The van der Waals surface area contributed by atoms with Gasteiger partial charge in [0, 0.05) is 51.8 Å². The molecule has 67 heavy (non-hydrogen) atoms. The first-order valence-corrected chi connectivity index (χ1v) is 26.5. The van der Waals surface area contributed by atoms with Gasteiger partial charge in [0.2, 0.25) is 0 Å². The predicted molar refractivity (Wildman–Crippen MR) is 269 cm³/mol. The van der Waals surface area contributed by atoms with Crippen LogP contribution in [-0.4, -0.2) is 68.0 Å². The SMILES string of the molecule is CC(=O)c1cc(-c2ccc(C(=O)c3ccc(F)cc3)cc2)ccc1-c1ccc(C(=O)c2ccc(F)cc2)cc1.CCCCS(C)(=O)(O)O.CCCCS(C)(=O)(O)O.c1ccc2ccccc2c1. The Morgan fingerprint density at radius 1 is 0.463 bits per heavy atom. The van der Waals surface area contributed by atoms with Crippen molar-refractivity contribution in [3.05, 3.63) is 203 Å². The van der Waals surface area contributed by atoms with Gasteiger partial charge in [0.05, 0.1) is 19.3 Å². The van der Waals surface area contributed by atoms with Gasteiger partial charge in [-0.05, 0) is 107 Å². The molecule has 9 nitrogen and oxygen atoms in total. The van der Waals surface area contributed by atoms with Gasteiger partial charge >= 0.3 is 0 Å². The van der Waals surface area contributed by atoms with Gasteiger partial charge in [0.1, 0.15) is 11.6 Å². The fraction of sp³-hybridized carbons (Fsp3) is 0.204. The smallest absolute Gasteiger partial charge is 0.193 e. The van der Waals surface area contributed by atoms with Crippen molar-refractivity contribution in [2.75, 3.05) is 24.0 Å². The minimum absolute atomic E-state index is 0.00625. The van der Waals surface area contributed by atoms with Crippen molar-refractivity contribution >= 4 is 47.4 Å². The highest BCUT2D eigenvalue weighted by molar-refractivity contribution is 8.09. The summed E-state index contributed by atoms with van der Waals surface area (Å²) in [6, 6.07) is 47.1. The molecule has 7 rings (SSSR count). The highest BCUT2D eigenvalue weighted by Crippen LogP contribution is 2.31. The molecule has 0 aliphatic rings. The van der Waals surface area contributed by atoms with Gasteiger partial charge in [-0.1, -0.05) is 136 Å². The molecule has 0 unspecified atom stereocenters. The fourth-order valence-electron chi connectivity index (χ4n) is 6.50. The lowest BCUT2D eigenvalue weighted by molar-refractivity contribution is 0.101. The average Bonchev–Trinajstić information content (AvgIpc) is 3.30. The van der Waals surface area contributed by atoms with Crippen LogP contribution in [0, 0.1) is 11.6 Å². The summed E-state index contributed by atoms with van der Waals surface area (Å²) < 4.78 is 82.6. The highest BCUT2D eigenvalue weighted by atomic mass is 32.3. The lowest BCUT2D eigenvalue weighted by Crippen LogP contribution is -2.32. The zero-order valence-corrected chi connectivity index (χ0v) is 39.9. The lowest BCUT2D eigenvalue weighted by atomic mass is 9.91. The van der Waals surface area contributed by atoms with Crippen molar-refractivity contribution in [2.45, 2.75) is 46.5 Å². The minimum atomic E-state index is -4.16. The molecule has 0 aliphatic heterocycles. The van der Waals surface area contributed by atoms with Crippen molar-refractivity contribution in [1.82, 2.24) is 0 Å². The molecule has 354 valence electrons. The van der Waals surface area contributed by atoms with Crippen molar-refractivity contribution in [2.24, 2.45) is 0 Å². The van der Waals surface area contributed by atoms with E-state index in [1.54, 1.807) is 36.4 Å². The van der Waals surface area contributed by atoms with E-state index in [2.05, 4.69) is 48.5 Å². The first kappa shape index (κ1) is 53.4. The van der Waals surface area contributed by atoms with E-state index in [1.165, 1.54) is 66.2 Å². The molecular formula is C54H58F2O9S2. The highest BCUT2D eigenvalue weighted by Gasteiger charge is 2.21. The third kappa shape index (κ3) is 18.2. The molecule has 0 radical (unpaired) electrons. The Morgan fingerprint density at radius 3 is 1.07 bits per heavy atom. The summed E-state index contributed by atoms with van der Waals surface area (Å²) in [5.74, 6) is -1.35. The number of ketones is 3. The molecule has 0 spiro atoms. The molecule has 0 amide bonds. The zero-order valence-electron chi connectivity index (χ0n) is 38.2. The van der Waals surface area contributed by atoms with Crippen LogP contribution in [0.1, 0.15) is 88.7 Å². The van der Waals surface area contributed by atoms with Crippen LogP contribution in [-0.2, 0) is 19.3 Å². The van der Waals surface area contributed by atoms with Crippen LogP contribution in [0.25, 0.3) is 33.0 Å². The Bertz CT molecular complexity index is 2800. The molecule has 7 aromatic carbocycles. The number of halogens is 2. The first-order valence-electron chi connectivity index (χ1n) is 21.5. The van der Waals surface area contributed by atoms with Gasteiger partial charge in [0.15, 0.2) is 17.3 Å². The van der Waals surface area contributed by atoms with Crippen LogP contribution in [0.2, 0.25) is 0 Å². The van der Waals surface area contributed by atoms with Crippen LogP contribution < -0.4 is 0 Å². The van der Waals surface area contributed by atoms with Crippen LogP contribution in [0.3, 0.4) is 0 Å². The standard InChI is InChI=1S/C34H22F2O3.C10H8.2C5H14O3S/c1-21(37)32-20-28(22-2-6-24(7-3-22)33(38)26-10-15-29(35)16-11-26)14-19-31(32)23-4-8-25(9-5-23)34(39)27-12-17-30(36)18-13-27;1-2-6-10-8-4-3-7-9(10)5-1;2*1-3-4-5-9(2,6,7)8/h2-20H,1H3;1-8H;2*3-5H2,1-2H3,(H2,6,7,8). The average molecular weight is 953 g/mol. The zero-order chi connectivity index (χ0) is 49.5. The second kappa shape index (κ2) is 23.0. The molecule has 0 fully saturated rings. The van der Waals surface area contributed by atoms with E-state index >= 15 is 0 Å². The summed E-state index contributed by atoms with van der Waals surface area (Å²) in [6.07, 6.45) is 4.79. The van der Waals surface area contributed by atoms with Gasteiger partial charge in [-0.15, -0.1) is 0 Å². The van der Waals surface area contributed by atoms with Crippen molar-refractivity contribution in [3.8, 4) is 22.3 Å². The summed E-state index contributed by atoms with van der Waals surface area (Å²) >= 11 is 0. The predicted octanol–water partition coefficient (Wildman–Crippen LogP) is 13.2. The molecule has 0 saturated carbocycles. The number of carbonyl (C=O) groups excluding carboxylic acids is 3. The van der Waals surface area contributed by atoms with Gasteiger partial charge < -0.3 is 18.2 Å². The van der Waals surface area contributed by atoms with Crippen LogP contribution in [0.15, 0.2) is 164 Å². The number of carbonyl (C=O) groups is 3. The molecule has 0 saturated heterocycles. The van der Waals surface area contributed by atoms with E-state index in [9.17, 15) is 31.6 Å². The van der Waals surface area contributed by atoms with Gasteiger partial charge in [0.25, 0.3) is 0 Å². The Morgan fingerprint density at radius 2 is 0.776 bits per heavy atom.